The Labute approximate surface area is 168 Å². The molecule has 0 bridgehead atoms. The van der Waals surface area contributed by atoms with Crippen molar-refractivity contribution in [2.75, 3.05) is 0 Å². The molecule has 4 aromatic heterocycles. The number of pyridine rings is 1. The Morgan fingerprint density at radius 3 is 2.77 bits per heavy atom. The van der Waals surface area contributed by atoms with Crippen molar-refractivity contribution < 1.29 is 13.2 Å². The van der Waals surface area contributed by atoms with Crippen LogP contribution in [0.1, 0.15) is 24.7 Å². The number of H-pyrrole nitrogens is 1. The SMILES string of the molecule is Fc1ccc(-c2[nH]ncc2-c2ccc3ncc(-c4nnc(C5CC5)o4)n3c2)c(F)c1. The summed E-state index contributed by atoms with van der Waals surface area (Å²) in [5.74, 6) is 0.119. The first kappa shape index (κ1) is 17.0. The summed E-state index contributed by atoms with van der Waals surface area (Å²) < 4.78 is 35.3. The first-order valence-corrected chi connectivity index (χ1v) is 9.47. The minimum atomic E-state index is -0.664. The Morgan fingerprint density at radius 1 is 1.03 bits per heavy atom. The lowest BCUT2D eigenvalue weighted by Crippen LogP contribution is -1.92. The molecule has 0 spiro atoms. The Hall–Kier alpha value is -3.88. The highest BCUT2D eigenvalue weighted by Gasteiger charge is 2.30. The standard InChI is InChI=1S/C21H14F2N6O/c22-13-4-5-14(16(23)7-13)19-15(8-25-26-19)12-3-6-18-24-9-17(29(18)10-12)21-28-27-20(30-21)11-1-2-11/h3-11H,1-2H2,(H,25,26). The second kappa shape index (κ2) is 6.31. The van der Waals surface area contributed by atoms with Gasteiger partial charge in [-0.05, 0) is 37.1 Å². The highest BCUT2D eigenvalue weighted by Crippen LogP contribution is 2.40. The van der Waals surface area contributed by atoms with Crippen molar-refractivity contribution in [1.29, 1.82) is 0 Å². The second-order valence-electron chi connectivity index (χ2n) is 7.29. The Bertz CT molecular complexity index is 1400. The van der Waals surface area contributed by atoms with E-state index in [9.17, 15) is 8.78 Å². The van der Waals surface area contributed by atoms with Crippen LogP contribution in [0.15, 0.2) is 53.3 Å². The van der Waals surface area contributed by atoms with E-state index in [-0.39, 0.29) is 5.56 Å². The topological polar surface area (TPSA) is 84.9 Å². The number of hydrogen-bond acceptors (Lipinski definition) is 5. The minimum absolute atomic E-state index is 0.237. The van der Waals surface area contributed by atoms with Gasteiger partial charge in [-0.1, -0.05) is 0 Å². The van der Waals surface area contributed by atoms with Gasteiger partial charge in [0.05, 0.1) is 18.1 Å². The number of halogens is 2. The van der Waals surface area contributed by atoms with Crippen LogP contribution < -0.4 is 0 Å². The fourth-order valence-electron chi connectivity index (χ4n) is 3.53. The van der Waals surface area contributed by atoms with E-state index in [4.69, 9.17) is 4.42 Å². The molecule has 7 nitrogen and oxygen atoms in total. The first-order chi connectivity index (χ1) is 14.7. The fourth-order valence-corrected chi connectivity index (χ4v) is 3.53. The van der Waals surface area contributed by atoms with E-state index >= 15 is 0 Å². The molecule has 0 radical (unpaired) electrons. The molecule has 0 saturated heterocycles. The molecule has 30 heavy (non-hydrogen) atoms. The second-order valence-corrected chi connectivity index (χ2v) is 7.29. The lowest BCUT2D eigenvalue weighted by atomic mass is 10.0. The van der Waals surface area contributed by atoms with Crippen LogP contribution in [-0.2, 0) is 0 Å². The maximum Gasteiger partial charge on any atom is 0.266 e. The van der Waals surface area contributed by atoms with Gasteiger partial charge in [0, 0.05) is 34.9 Å². The lowest BCUT2D eigenvalue weighted by molar-refractivity contribution is 0.506. The predicted octanol–water partition coefficient (Wildman–Crippen LogP) is 4.60. The van der Waals surface area contributed by atoms with Crippen molar-refractivity contribution in [3.05, 3.63) is 66.4 Å². The van der Waals surface area contributed by atoms with Gasteiger partial charge in [0.15, 0.2) is 0 Å². The van der Waals surface area contributed by atoms with Gasteiger partial charge < -0.3 is 4.42 Å². The molecular formula is C21H14F2N6O. The van der Waals surface area contributed by atoms with Crippen LogP contribution in [0.5, 0.6) is 0 Å². The number of nitrogens with zero attached hydrogens (tertiary/aromatic N) is 5. The van der Waals surface area contributed by atoms with Crippen LogP contribution in [0.3, 0.4) is 0 Å². The van der Waals surface area contributed by atoms with Crippen molar-refractivity contribution in [2.24, 2.45) is 0 Å². The molecular weight excluding hydrogens is 390 g/mol. The normalized spacial score (nSPS) is 13.9. The Morgan fingerprint density at radius 2 is 1.93 bits per heavy atom. The third kappa shape index (κ3) is 2.70. The predicted molar refractivity (Wildman–Crippen MR) is 103 cm³/mol. The molecule has 5 aromatic rings. The molecule has 6 rings (SSSR count). The maximum atomic E-state index is 14.3. The average molecular weight is 404 g/mol. The molecule has 9 heteroatoms. The van der Waals surface area contributed by atoms with E-state index in [1.165, 1.54) is 12.1 Å². The summed E-state index contributed by atoms with van der Waals surface area (Å²) in [6.07, 6.45) is 7.28. The number of aromatic nitrogens is 6. The molecule has 0 unspecified atom stereocenters. The van der Waals surface area contributed by atoms with E-state index in [2.05, 4.69) is 25.4 Å². The summed E-state index contributed by atoms with van der Waals surface area (Å²) in [6, 6.07) is 7.16. The largest absolute Gasteiger partial charge is 0.419 e. The van der Waals surface area contributed by atoms with Crippen LogP contribution in [0.4, 0.5) is 8.78 Å². The number of nitrogens with one attached hydrogen (secondary N) is 1. The molecule has 4 heterocycles. The number of benzene rings is 1. The van der Waals surface area contributed by atoms with Crippen LogP contribution in [0.25, 0.3) is 39.6 Å². The highest BCUT2D eigenvalue weighted by molar-refractivity contribution is 5.81. The van der Waals surface area contributed by atoms with Gasteiger partial charge >= 0.3 is 0 Å². The summed E-state index contributed by atoms with van der Waals surface area (Å²) >= 11 is 0. The fraction of sp³-hybridized carbons (Fsp3) is 0.143. The molecule has 1 aliphatic carbocycles. The van der Waals surface area contributed by atoms with Crippen molar-refractivity contribution in [3.8, 4) is 34.0 Å². The smallest absolute Gasteiger partial charge is 0.266 e. The lowest BCUT2D eigenvalue weighted by Gasteiger charge is -2.07. The molecule has 0 amide bonds. The summed E-state index contributed by atoms with van der Waals surface area (Å²) in [4.78, 5) is 4.40. The van der Waals surface area contributed by atoms with E-state index in [0.717, 1.165) is 24.5 Å². The van der Waals surface area contributed by atoms with Gasteiger partial charge in [-0.2, -0.15) is 5.10 Å². The monoisotopic (exact) mass is 404 g/mol. The van der Waals surface area contributed by atoms with Gasteiger partial charge in [0.2, 0.25) is 5.89 Å². The van der Waals surface area contributed by atoms with Gasteiger partial charge in [0.25, 0.3) is 5.89 Å². The summed E-state index contributed by atoms with van der Waals surface area (Å²) in [6.45, 7) is 0. The van der Waals surface area contributed by atoms with Crippen LogP contribution in [0, 0.1) is 11.6 Å². The van der Waals surface area contributed by atoms with Gasteiger partial charge in [-0.15, -0.1) is 10.2 Å². The minimum Gasteiger partial charge on any atom is -0.419 e. The number of imidazole rings is 1. The maximum absolute atomic E-state index is 14.3. The summed E-state index contributed by atoms with van der Waals surface area (Å²) in [7, 11) is 0. The van der Waals surface area contributed by atoms with Crippen molar-refractivity contribution in [1.82, 2.24) is 29.8 Å². The Kier molecular flexibility index (Phi) is 3.58. The quantitative estimate of drug-likeness (QED) is 0.473. The van der Waals surface area contributed by atoms with Gasteiger partial charge in [-0.3, -0.25) is 9.50 Å². The third-order valence-corrected chi connectivity index (χ3v) is 5.24. The molecule has 1 fully saturated rings. The van der Waals surface area contributed by atoms with E-state index < -0.39 is 11.6 Å². The zero-order chi connectivity index (χ0) is 20.2. The molecule has 0 aliphatic heterocycles. The molecule has 1 N–H and O–H groups in total. The number of aromatic amines is 1. The Balaban J connectivity index is 1.46. The van der Waals surface area contributed by atoms with Crippen LogP contribution in [0.2, 0.25) is 0 Å². The van der Waals surface area contributed by atoms with Crippen LogP contribution in [-0.4, -0.2) is 29.8 Å². The van der Waals surface area contributed by atoms with Gasteiger partial charge in [-0.25, -0.2) is 13.8 Å². The number of fused-ring (bicyclic) bond motifs is 1. The molecule has 0 atom stereocenters. The summed E-state index contributed by atoms with van der Waals surface area (Å²) in [5.41, 5.74) is 3.52. The number of rotatable bonds is 4. The van der Waals surface area contributed by atoms with Gasteiger partial charge in [0.1, 0.15) is 23.0 Å². The zero-order valence-electron chi connectivity index (χ0n) is 15.5. The van der Waals surface area contributed by atoms with Crippen molar-refractivity contribution in [3.63, 3.8) is 0 Å². The number of hydrogen-bond donors (Lipinski definition) is 1. The molecule has 1 aliphatic rings. The summed E-state index contributed by atoms with van der Waals surface area (Å²) in [5, 5.41) is 15.2. The van der Waals surface area contributed by atoms with E-state index in [1.807, 2.05) is 22.7 Å². The van der Waals surface area contributed by atoms with E-state index in [0.29, 0.717) is 40.3 Å². The van der Waals surface area contributed by atoms with Crippen molar-refractivity contribution in [2.45, 2.75) is 18.8 Å². The zero-order valence-corrected chi connectivity index (χ0v) is 15.5. The average Bonchev–Trinajstić information content (AvgIpc) is 3.15. The van der Waals surface area contributed by atoms with Crippen molar-refractivity contribution >= 4 is 5.65 Å². The third-order valence-electron chi connectivity index (χ3n) is 5.24. The molecule has 1 aromatic carbocycles. The first-order valence-electron chi connectivity index (χ1n) is 9.47. The molecule has 148 valence electrons. The molecule has 1 saturated carbocycles. The highest BCUT2D eigenvalue weighted by atomic mass is 19.1. The van der Waals surface area contributed by atoms with E-state index in [1.54, 1.807) is 12.4 Å². The van der Waals surface area contributed by atoms with Crippen LogP contribution >= 0.6 is 0 Å².